The molecule has 1 aliphatic heterocycles. The van der Waals surface area contributed by atoms with Gasteiger partial charge in [0.2, 0.25) is 0 Å². The summed E-state index contributed by atoms with van der Waals surface area (Å²) in [7, 11) is 0. The highest BCUT2D eigenvalue weighted by Gasteiger charge is 2.40. The fourth-order valence-electron chi connectivity index (χ4n) is 3.42. The fourth-order valence-corrected chi connectivity index (χ4v) is 3.42. The number of nitro groups is 1. The molecule has 172 valence electrons. The normalized spacial score (nSPS) is 15.7. The van der Waals surface area contributed by atoms with E-state index in [1.807, 2.05) is 0 Å². The van der Waals surface area contributed by atoms with Crippen molar-refractivity contribution in [1.82, 2.24) is 4.90 Å². The van der Waals surface area contributed by atoms with E-state index < -0.39 is 28.9 Å². The maximum Gasteiger partial charge on any atom is 0.404 e. The number of rotatable bonds is 9. The van der Waals surface area contributed by atoms with Crippen molar-refractivity contribution in [3.05, 3.63) is 63.0 Å². The van der Waals surface area contributed by atoms with E-state index in [0.29, 0.717) is 5.70 Å². The summed E-state index contributed by atoms with van der Waals surface area (Å²) in [5.74, 6) is -2.57. The molecule has 11 nitrogen and oxygen atoms in total. The summed E-state index contributed by atoms with van der Waals surface area (Å²) in [5.41, 5.74) is 5.32. The van der Waals surface area contributed by atoms with Crippen molar-refractivity contribution in [2.24, 2.45) is 5.73 Å². The number of carbonyl (C=O) groups excluding carboxylic acids is 3. The van der Waals surface area contributed by atoms with Crippen LogP contribution in [0.15, 0.2) is 47.3 Å². The van der Waals surface area contributed by atoms with Gasteiger partial charge in [-0.15, -0.1) is 0 Å². The average Bonchev–Trinajstić information content (AvgIpc) is 2.74. The smallest absolute Gasteiger partial charge is 0.404 e. The van der Waals surface area contributed by atoms with Gasteiger partial charge in [-0.1, -0.05) is 18.2 Å². The zero-order chi connectivity index (χ0) is 23.8. The van der Waals surface area contributed by atoms with Gasteiger partial charge in [0.1, 0.15) is 6.61 Å². The van der Waals surface area contributed by atoms with E-state index in [2.05, 4.69) is 0 Å². The molecule has 0 fully saturated rings. The molecule has 1 amide bonds. The summed E-state index contributed by atoms with van der Waals surface area (Å²) < 4.78 is 15.1. The first-order valence-electron chi connectivity index (χ1n) is 9.91. The zero-order valence-corrected chi connectivity index (χ0v) is 18.0. The predicted octanol–water partition coefficient (Wildman–Crippen LogP) is 2.37. The lowest BCUT2D eigenvalue weighted by molar-refractivity contribution is -0.385. The molecular formula is C21H25N3O8. The summed E-state index contributed by atoms with van der Waals surface area (Å²) in [6.07, 6.45) is 0.462. The SMILES string of the molecule is CCOC(=O)C1=CN(CCOC(N)=O)C(C)=C(C(=O)OCC)C1c1ccccc1[N+](=O)[O-]. The molecule has 0 saturated heterocycles. The second-order valence-electron chi connectivity index (χ2n) is 6.63. The van der Waals surface area contributed by atoms with Gasteiger partial charge in [-0.2, -0.15) is 0 Å². The highest BCUT2D eigenvalue weighted by atomic mass is 16.6. The van der Waals surface area contributed by atoms with Gasteiger partial charge in [-0.25, -0.2) is 14.4 Å². The molecule has 1 unspecified atom stereocenters. The Hall–Kier alpha value is -3.89. The third-order valence-electron chi connectivity index (χ3n) is 4.74. The second kappa shape index (κ2) is 10.9. The number of hydrogen-bond acceptors (Lipinski definition) is 9. The lowest BCUT2D eigenvalue weighted by Gasteiger charge is -2.33. The number of carbonyl (C=O) groups is 3. The van der Waals surface area contributed by atoms with Gasteiger partial charge in [0, 0.05) is 23.5 Å². The van der Waals surface area contributed by atoms with Crippen LogP contribution in [0.5, 0.6) is 0 Å². The lowest BCUT2D eigenvalue weighted by atomic mass is 9.80. The Labute approximate surface area is 184 Å². The molecule has 1 aromatic carbocycles. The first kappa shape index (κ1) is 24.4. The Bertz CT molecular complexity index is 970. The molecule has 1 aliphatic rings. The molecule has 0 saturated carbocycles. The molecule has 0 bridgehead atoms. The number of ether oxygens (including phenoxy) is 3. The fraction of sp³-hybridized carbons (Fsp3) is 0.381. The van der Waals surface area contributed by atoms with Gasteiger partial charge in [-0.3, -0.25) is 10.1 Å². The Morgan fingerprint density at radius 2 is 1.72 bits per heavy atom. The van der Waals surface area contributed by atoms with Crippen LogP contribution in [0.1, 0.15) is 32.3 Å². The largest absolute Gasteiger partial charge is 0.463 e. The van der Waals surface area contributed by atoms with Crippen molar-refractivity contribution >= 4 is 23.7 Å². The summed E-state index contributed by atoms with van der Waals surface area (Å²) in [6, 6.07) is 5.85. The Morgan fingerprint density at radius 1 is 1.09 bits per heavy atom. The van der Waals surface area contributed by atoms with Gasteiger partial charge < -0.3 is 24.8 Å². The van der Waals surface area contributed by atoms with E-state index in [9.17, 15) is 24.5 Å². The minimum absolute atomic E-state index is 0.00822. The van der Waals surface area contributed by atoms with E-state index in [1.165, 1.54) is 29.3 Å². The zero-order valence-electron chi connectivity index (χ0n) is 18.0. The second-order valence-corrected chi connectivity index (χ2v) is 6.63. The quantitative estimate of drug-likeness (QED) is 0.260. The van der Waals surface area contributed by atoms with Crippen LogP contribution in [0.4, 0.5) is 10.5 Å². The van der Waals surface area contributed by atoms with Crippen LogP contribution in [-0.2, 0) is 23.8 Å². The standard InChI is InChI=1S/C21H25N3O8/c1-4-30-19(25)15-12-23(10-11-32-21(22)27)13(3)17(20(26)31-5-2)18(15)14-8-6-7-9-16(14)24(28)29/h6-9,12,18H,4-5,10-11H2,1-3H3,(H2,22,27). The van der Waals surface area contributed by atoms with E-state index in [4.69, 9.17) is 19.9 Å². The third-order valence-corrected chi connectivity index (χ3v) is 4.74. The van der Waals surface area contributed by atoms with Gasteiger partial charge in [0.25, 0.3) is 5.69 Å². The molecule has 0 radical (unpaired) electrons. The monoisotopic (exact) mass is 447 g/mol. The number of primary amides is 1. The first-order chi connectivity index (χ1) is 15.2. The van der Waals surface area contributed by atoms with Crippen LogP contribution in [-0.4, -0.2) is 54.2 Å². The Morgan fingerprint density at radius 3 is 2.31 bits per heavy atom. The van der Waals surface area contributed by atoms with Gasteiger partial charge in [0.05, 0.1) is 41.7 Å². The highest BCUT2D eigenvalue weighted by Crippen LogP contribution is 2.43. The Balaban J connectivity index is 2.70. The molecule has 1 heterocycles. The summed E-state index contributed by atoms with van der Waals surface area (Å²) in [4.78, 5) is 49.4. The summed E-state index contributed by atoms with van der Waals surface area (Å²) in [5, 5.41) is 11.7. The predicted molar refractivity (Wildman–Crippen MR) is 112 cm³/mol. The maximum absolute atomic E-state index is 13.0. The van der Waals surface area contributed by atoms with Crippen LogP contribution < -0.4 is 5.73 Å². The van der Waals surface area contributed by atoms with E-state index in [1.54, 1.807) is 26.8 Å². The van der Waals surface area contributed by atoms with Crippen LogP contribution in [0, 0.1) is 10.1 Å². The number of para-hydroxylation sites is 1. The van der Waals surface area contributed by atoms with Gasteiger partial charge in [-0.05, 0) is 20.8 Å². The van der Waals surface area contributed by atoms with Crippen LogP contribution in [0.2, 0.25) is 0 Å². The number of hydrogen-bond donors (Lipinski definition) is 1. The lowest BCUT2D eigenvalue weighted by Crippen LogP contribution is -2.34. The van der Waals surface area contributed by atoms with E-state index >= 15 is 0 Å². The van der Waals surface area contributed by atoms with Crippen molar-refractivity contribution in [2.45, 2.75) is 26.7 Å². The van der Waals surface area contributed by atoms with E-state index in [0.717, 1.165) is 0 Å². The number of amides is 1. The van der Waals surface area contributed by atoms with E-state index in [-0.39, 0.29) is 48.8 Å². The number of benzene rings is 1. The number of nitro benzene ring substituents is 1. The van der Waals surface area contributed by atoms with Crippen LogP contribution >= 0.6 is 0 Å². The van der Waals surface area contributed by atoms with Crippen molar-refractivity contribution in [1.29, 1.82) is 0 Å². The van der Waals surface area contributed by atoms with Crippen molar-refractivity contribution in [3.8, 4) is 0 Å². The van der Waals surface area contributed by atoms with Crippen molar-refractivity contribution < 1.29 is 33.5 Å². The van der Waals surface area contributed by atoms with Gasteiger partial charge >= 0.3 is 18.0 Å². The molecular weight excluding hydrogens is 422 g/mol. The molecule has 1 atom stereocenters. The third kappa shape index (κ3) is 5.42. The number of esters is 2. The molecule has 1 aromatic rings. The summed E-state index contributed by atoms with van der Waals surface area (Å²) >= 11 is 0. The minimum Gasteiger partial charge on any atom is -0.463 e. The molecule has 32 heavy (non-hydrogen) atoms. The molecule has 2 rings (SSSR count). The van der Waals surface area contributed by atoms with Crippen LogP contribution in [0.25, 0.3) is 0 Å². The minimum atomic E-state index is -1.09. The molecule has 2 N–H and O–H groups in total. The van der Waals surface area contributed by atoms with Crippen LogP contribution in [0.3, 0.4) is 0 Å². The van der Waals surface area contributed by atoms with Gasteiger partial charge in [0.15, 0.2) is 0 Å². The van der Waals surface area contributed by atoms with Crippen molar-refractivity contribution in [3.63, 3.8) is 0 Å². The molecule has 0 spiro atoms. The maximum atomic E-state index is 13.0. The van der Waals surface area contributed by atoms with Crippen molar-refractivity contribution in [2.75, 3.05) is 26.4 Å². The highest BCUT2D eigenvalue weighted by molar-refractivity contribution is 5.99. The number of allylic oxidation sites excluding steroid dienone is 1. The molecule has 11 heteroatoms. The molecule has 0 aromatic heterocycles. The number of nitrogens with zero attached hydrogens (tertiary/aromatic N) is 2. The first-order valence-corrected chi connectivity index (χ1v) is 9.91. The molecule has 0 aliphatic carbocycles. The topological polar surface area (TPSA) is 151 Å². The average molecular weight is 447 g/mol. The number of nitrogens with two attached hydrogens (primary N) is 1. The summed E-state index contributed by atoms with van der Waals surface area (Å²) in [6.45, 7) is 4.92. The Kier molecular flexibility index (Phi) is 8.33.